The summed E-state index contributed by atoms with van der Waals surface area (Å²) in [5, 5.41) is 3.81. The summed E-state index contributed by atoms with van der Waals surface area (Å²) < 4.78 is 18.9. The highest BCUT2D eigenvalue weighted by molar-refractivity contribution is 7.80. The minimum absolute atomic E-state index is 0.108. The van der Waals surface area contributed by atoms with Gasteiger partial charge in [-0.3, -0.25) is 15.6 Å². The van der Waals surface area contributed by atoms with Crippen molar-refractivity contribution < 1.29 is 13.6 Å². The van der Waals surface area contributed by atoms with Crippen LogP contribution in [0.2, 0.25) is 0 Å². The van der Waals surface area contributed by atoms with Gasteiger partial charge in [-0.15, -0.1) is 0 Å². The Balaban J connectivity index is 1.57. The molecule has 1 aromatic heterocycles. The maximum absolute atomic E-state index is 13.4. The monoisotopic (exact) mass is 399 g/mol. The van der Waals surface area contributed by atoms with Crippen molar-refractivity contribution in [1.29, 1.82) is 0 Å². The minimum Gasteiger partial charge on any atom is -0.451 e. The second-order valence-electron chi connectivity index (χ2n) is 6.53. The standard InChI is InChI=1S/C21H22FN3O2S/c1-3-4-5-14-6-9-16(10-7-14)23-21(28)25-24-20(26)19-13(2)17-12-15(22)8-11-18(17)27-19/h6-12H,3-5H2,1-2H3,(H,24,26)(H2,23,25,28). The number of hydrazine groups is 1. The van der Waals surface area contributed by atoms with E-state index in [2.05, 4.69) is 35.2 Å². The minimum atomic E-state index is -0.492. The van der Waals surface area contributed by atoms with Crippen molar-refractivity contribution in [1.82, 2.24) is 10.9 Å². The number of anilines is 1. The number of aryl methyl sites for hydroxylation is 2. The van der Waals surface area contributed by atoms with Crippen LogP contribution in [-0.2, 0) is 6.42 Å². The lowest BCUT2D eigenvalue weighted by atomic mass is 10.1. The Bertz CT molecular complexity index is 999. The maximum atomic E-state index is 13.4. The van der Waals surface area contributed by atoms with Gasteiger partial charge in [0.15, 0.2) is 10.9 Å². The molecule has 0 bridgehead atoms. The number of hydrogen-bond donors (Lipinski definition) is 3. The zero-order chi connectivity index (χ0) is 20.1. The summed E-state index contributed by atoms with van der Waals surface area (Å²) in [4.78, 5) is 12.4. The van der Waals surface area contributed by atoms with E-state index in [4.69, 9.17) is 16.6 Å². The van der Waals surface area contributed by atoms with Crippen LogP contribution in [0.15, 0.2) is 46.9 Å². The fraction of sp³-hybridized carbons (Fsp3) is 0.238. The van der Waals surface area contributed by atoms with Crippen LogP contribution in [0.1, 0.15) is 41.4 Å². The maximum Gasteiger partial charge on any atom is 0.305 e. The van der Waals surface area contributed by atoms with E-state index in [-0.39, 0.29) is 16.7 Å². The van der Waals surface area contributed by atoms with Crippen LogP contribution in [0.25, 0.3) is 11.0 Å². The first kappa shape index (κ1) is 19.8. The van der Waals surface area contributed by atoms with Crippen LogP contribution in [0, 0.1) is 12.7 Å². The van der Waals surface area contributed by atoms with Crippen LogP contribution >= 0.6 is 12.2 Å². The van der Waals surface area contributed by atoms with E-state index < -0.39 is 5.91 Å². The molecule has 0 saturated carbocycles. The summed E-state index contributed by atoms with van der Waals surface area (Å²) in [7, 11) is 0. The average Bonchev–Trinajstić information content (AvgIpc) is 3.02. The van der Waals surface area contributed by atoms with Crippen molar-refractivity contribution in [3.8, 4) is 0 Å². The molecule has 0 fully saturated rings. The summed E-state index contributed by atoms with van der Waals surface area (Å²) in [6.45, 7) is 3.87. The number of carbonyl (C=O) groups excluding carboxylic acids is 1. The molecule has 5 nitrogen and oxygen atoms in total. The van der Waals surface area contributed by atoms with Gasteiger partial charge in [0.2, 0.25) is 0 Å². The van der Waals surface area contributed by atoms with Crippen molar-refractivity contribution in [3.05, 3.63) is 65.2 Å². The summed E-state index contributed by atoms with van der Waals surface area (Å²) in [5.41, 5.74) is 8.26. The molecular weight excluding hydrogens is 377 g/mol. The molecule has 3 aromatic rings. The normalized spacial score (nSPS) is 10.7. The molecule has 0 aliphatic carbocycles. The predicted molar refractivity (Wildman–Crippen MR) is 113 cm³/mol. The highest BCUT2D eigenvalue weighted by atomic mass is 32.1. The number of hydrogen-bond acceptors (Lipinski definition) is 3. The van der Waals surface area contributed by atoms with Crippen LogP contribution in [-0.4, -0.2) is 11.0 Å². The quantitative estimate of drug-likeness (QED) is 0.423. The second-order valence-corrected chi connectivity index (χ2v) is 6.94. The molecule has 3 N–H and O–H groups in total. The van der Waals surface area contributed by atoms with Crippen LogP contribution in [0.4, 0.5) is 10.1 Å². The third-order valence-corrected chi connectivity index (χ3v) is 4.63. The zero-order valence-corrected chi connectivity index (χ0v) is 16.6. The number of rotatable bonds is 5. The van der Waals surface area contributed by atoms with Gasteiger partial charge in [0.25, 0.3) is 0 Å². The SMILES string of the molecule is CCCCc1ccc(NC(=S)NNC(=O)c2oc3ccc(F)cc3c2C)cc1. The molecule has 0 spiro atoms. The van der Waals surface area contributed by atoms with Crippen molar-refractivity contribution in [3.63, 3.8) is 0 Å². The number of furan rings is 1. The molecule has 0 aliphatic heterocycles. The van der Waals surface area contributed by atoms with E-state index in [0.29, 0.717) is 16.5 Å². The second kappa shape index (κ2) is 8.84. The average molecular weight is 399 g/mol. The zero-order valence-electron chi connectivity index (χ0n) is 15.8. The number of nitrogens with one attached hydrogen (secondary N) is 3. The van der Waals surface area contributed by atoms with E-state index >= 15 is 0 Å². The summed E-state index contributed by atoms with van der Waals surface area (Å²) in [5.74, 6) is -0.767. The molecule has 0 unspecified atom stereocenters. The lowest BCUT2D eigenvalue weighted by molar-refractivity contribution is 0.0917. The molecular formula is C21H22FN3O2S. The highest BCUT2D eigenvalue weighted by Crippen LogP contribution is 2.25. The number of carbonyl (C=O) groups is 1. The Morgan fingerprint density at radius 3 is 2.61 bits per heavy atom. The Morgan fingerprint density at radius 1 is 1.14 bits per heavy atom. The van der Waals surface area contributed by atoms with Crippen molar-refractivity contribution in [2.24, 2.45) is 0 Å². The van der Waals surface area contributed by atoms with Gasteiger partial charge in [-0.05, 0) is 67.9 Å². The Kier molecular flexibility index (Phi) is 6.26. The van der Waals surface area contributed by atoms with E-state index in [1.165, 1.54) is 23.8 Å². The number of halogens is 1. The van der Waals surface area contributed by atoms with Gasteiger partial charge in [-0.25, -0.2) is 4.39 Å². The molecule has 0 radical (unpaired) electrons. The molecule has 146 valence electrons. The van der Waals surface area contributed by atoms with Gasteiger partial charge in [0.1, 0.15) is 11.4 Å². The fourth-order valence-electron chi connectivity index (χ4n) is 2.88. The predicted octanol–water partition coefficient (Wildman–Crippen LogP) is 4.85. The van der Waals surface area contributed by atoms with Gasteiger partial charge < -0.3 is 9.73 Å². The number of fused-ring (bicyclic) bond motifs is 1. The Hall–Kier alpha value is -2.93. The van der Waals surface area contributed by atoms with Crippen LogP contribution in [0.3, 0.4) is 0 Å². The number of benzene rings is 2. The van der Waals surface area contributed by atoms with Gasteiger partial charge in [0, 0.05) is 16.6 Å². The van der Waals surface area contributed by atoms with Crippen molar-refractivity contribution >= 4 is 39.9 Å². The topological polar surface area (TPSA) is 66.3 Å². The lowest BCUT2D eigenvalue weighted by Gasteiger charge is -2.11. The molecule has 0 atom stereocenters. The number of unbranched alkanes of at least 4 members (excludes halogenated alkanes) is 1. The lowest BCUT2D eigenvalue weighted by Crippen LogP contribution is -2.43. The first-order valence-electron chi connectivity index (χ1n) is 9.13. The van der Waals surface area contributed by atoms with E-state index in [1.54, 1.807) is 6.92 Å². The molecule has 0 aliphatic rings. The first-order chi connectivity index (χ1) is 13.5. The van der Waals surface area contributed by atoms with E-state index in [0.717, 1.165) is 24.9 Å². The largest absolute Gasteiger partial charge is 0.451 e. The van der Waals surface area contributed by atoms with Crippen LogP contribution < -0.4 is 16.2 Å². The third-order valence-electron chi connectivity index (χ3n) is 4.42. The summed E-state index contributed by atoms with van der Waals surface area (Å²) in [6.07, 6.45) is 3.37. The highest BCUT2D eigenvalue weighted by Gasteiger charge is 2.18. The Labute approximate surface area is 168 Å². The van der Waals surface area contributed by atoms with E-state index in [9.17, 15) is 9.18 Å². The molecule has 28 heavy (non-hydrogen) atoms. The Morgan fingerprint density at radius 2 is 1.89 bits per heavy atom. The fourth-order valence-corrected chi connectivity index (χ4v) is 3.05. The van der Waals surface area contributed by atoms with Crippen molar-refractivity contribution in [2.45, 2.75) is 33.1 Å². The third kappa shape index (κ3) is 4.67. The smallest absolute Gasteiger partial charge is 0.305 e. The number of amides is 1. The summed E-state index contributed by atoms with van der Waals surface area (Å²) >= 11 is 5.20. The van der Waals surface area contributed by atoms with Crippen LogP contribution in [0.5, 0.6) is 0 Å². The molecule has 2 aromatic carbocycles. The first-order valence-corrected chi connectivity index (χ1v) is 9.53. The van der Waals surface area contributed by atoms with Gasteiger partial charge in [0.05, 0.1) is 0 Å². The number of thiocarbonyl (C=S) groups is 1. The molecule has 7 heteroatoms. The van der Waals surface area contributed by atoms with Gasteiger partial charge in [-0.1, -0.05) is 25.5 Å². The molecule has 3 rings (SSSR count). The summed E-state index contributed by atoms with van der Waals surface area (Å²) in [6, 6.07) is 12.1. The molecule has 1 heterocycles. The van der Waals surface area contributed by atoms with E-state index in [1.807, 2.05) is 12.1 Å². The molecule has 0 saturated heterocycles. The van der Waals surface area contributed by atoms with Crippen molar-refractivity contribution in [2.75, 3.05) is 5.32 Å². The van der Waals surface area contributed by atoms with Gasteiger partial charge >= 0.3 is 5.91 Å². The van der Waals surface area contributed by atoms with Gasteiger partial charge in [-0.2, -0.15) is 0 Å². The molecule has 1 amide bonds.